The van der Waals surface area contributed by atoms with Gasteiger partial charge in [-0.1, -0.05) is 5.11 Å². The number of rotatable bonds is 4. The fraction of sp³-hybridized carbons (Fsp3) is 0.429. The molecule has 2 atom stereocenters. The van der Waals surface area contributed by atoms with Crippen LogP contribution in [0, 0.1) is 0 Å². The molecule has 0 radical (unpaired) electrons. The Morgan fingerprint density at radius 2 is 2.38 bits per heavy atom. The van der Waals surface area contributed by atoms with Gasteiger partial charge in [0, 0.05) is 4.91 Å². The van der Waals surface area contributed by atoms with Crippen LogP contribution in [0.5, 0.6) is 0 Å². The summed E-state index contributed by atoms with van der Waals surface area (Å²) in [5, 5.41) is 25.5. The Morgan fingerprint density at radius 1 is 1.62 bits per heavy atom. The van der Waals surface area contributed by atoms with Gasteiger partial charge in [-0.25, -0.2) is 0 Å². The van der Waals surface area contributed by atoms with E-state index >= 15 is 0 Å². The lowest BCUT2D eigenvalue weighted by atomic mass is 10.1. The number of azide groups is 1. The van der Waals surface area contributed by atoms with Gasteiger partial charge in [-0.05, 0) is 27.9 Å². The van der Waals surface area contributed by atoms with Crippen LogP contribution < -0.4 is 0 Å². The first-order valence-electron chi connectivity index (χ1n) is 3.64. The first kappa shape index (κ1) is 10.0. The van der Waals surface area contributed by atoms with Crippen molar-refractivity contribution in [2.45, 2.75) is 12.2 Å². The Hall–Kier alpha value is -1.07. The van der Waals surface area contributed by atoms with Crippen LogP contribution >= 0.6 is 11.3 Å². The van der Waals surface area contributed by atoms with Gasteiger partial charge in [0.1, 0.15) is 6.10 Å². The van der Waals surface area contributed by atoms with Crippen LogP contribution in [0.15, 0.2) is 21.9 Å². The Kier molecular flexibility index (Phi) is 3.72. The molecule has 70 valence electrons. The fourth-order valence-corrected chi connectivity index (χ4v) is 1.57. The minimum Gasteiger partial charge on any atom is -0.390 e. The van der Waals surface area contributed by atoms with Crippen molar-refractivity contribution in [1.29, 1.82) is 0 Å². The molecule has 0 aromatic carbocycles. The van der Waals surface area contributed by atoms with Crippen LogP contribution in [-0.2, 0) is 0 Å². The zero-order chi connectivity index (χ0) is 9.68. The van der Waals surface area contributed by atoms with Crippen molar-refractivity contribution >= 4 is 11.3 Å². The third-order valence-electron chi connectivity index (χ3n) is 1.58. The monoisotopic (exact) mass is 199 g/mol. The van der Waals surface area contributed by atoms with E-state index in [-0.39, 0.29) is 6.54 Å². The van der Waals surface area contributed by atoms with Crippen molar-refractivity contribution in [3.8, 4) is 0 Å². The van der Waals surface area contributed by atoms with E-state index < -0.39 is 12.2 Å². The highest BCUT2D eigenvalue weighted by Crippen LogP contribution is 2.19. The quantitative estimate of drug-likeness (QED) is 0.436. The summed E-state index contributed by atoms with van der Waals surface area (Å²) in [5.74, 6) is 0. The smallest absolute Gasteiger partial charge is 0.106 e. The summed E-state index contributed by atoms with van der Waals surface area (Å²) in [7, 11) is 0. The molecule has 0 aliphatic carbocycles. The van der Waals surface area contributed by atoms with Gasteiger partial charge in [0.25, 0.3) is 0 Å². The predicted molar refractivity (Wildman–Crippen MR) is 49.3 cm³/mol. The lowest BCUT2D eigenvalue weighted by Gasteiger charge is -2.13. The van der Waals surface area contributed by atoms with Gasteiger partial charge in [-0.3, -0.25) is 0 Å². The van der Waals surface area contributed by atoms with Crippen molar-refractivity contribution in [1.82, 2.24) is 0 Å². The predicted octanol–water partition coefficient (Wildman–Crippen LogP) is 1.45. The summed E-state index contributed by atoms with van der Waals surface area (Å²) < 4.78 is 0. The fourth-order valence-electron chi connectivity index (χ4n) is 0.885. The van der Waals surface area contributed by atoms with Crippen LogP contribution in [-0.4, -0.2) is 22.9 Å². The summed E-state index contributed by atoms with van der Waals surface area (Å²) in [6.07, 6.45) is -2.01. The highest BCUT2D eigenvalue weighted by Gasteiger charge is 2.17. The standard InChI is InChI=1S/C7H9N3O2S/c8-10-9-3-6(11)7(12)5-1-2-13-4-5/h1-2,4,6-7,11-12H,3H2. The molecule has 0 fully saturated rings. The first-order valence-corrected chi connectivity index (χ1v) is 4.59. The van der Waals surface area contributed by atoms with E-state index in [0.29, 0.717) is 5.56 Å². The van der Waals surface area contributed by atoms with E-state index in [0.717, 1.165) is 0 Å². The molecule has 0 aliphatic rings. The molecule has 0 bridgehead atoms. The SMILES string of the molecule is [N-]=[N+]=NCC(O)C(O)c1ccsc1. The first-order chi connectivity index (χ1) is 6.25. The van der Waals surface area contributed by atoms with E-state index in [1.807, 2.05) is 0 Å². The second-order valence-electron chi connectivity index (χ2n) is 2.48. The van der Waals surface area contributed by atoms with E-state index in [1.54, 1.807) is 16.8 Å². The van der Waals surface area contributed by atoms with Gasteiger partial charge in [-0.2, -0.15) is 11.3 Å². The number of aliphatic hydroxyl groups excluding tert-OH is 2. The van der Waals surface area contributed by atoms with Crippen molar-refractivity contribution in [2.24, 2.45) is 5.11 Å². The number of nitrogens with zero attached hydrogens (tertiary/aromatic N) is 3. The molecule has 1 rings (SSSR count). The minimum atomic E-state index is -1.04. The summed E-state index contributed by atoms with van der Waals surface area (Å²) in [6, 6.07) is 1.72. The maximum Gasteiger partial charge on any atom is 0.106 e. The molecule has 1 heterocycles. The normalized spacial score (nSPS) is 14.6. The molecule has 0 saturated heterocycles. The summed E-state index contributed by atoms with van der Waals surface area (Å²) in [6.45, 7) is -0.118. The van der Waals surface area contributed by atoms with Gasteiger partial charge >= 0.3 is 0 Å². The zero-order valence-electron chi connectivity index (χ0n) is 6.74. The van der Waals surface area contributed by atoms with E-state index in [4.69, 9.17) is 5.53 Å². The summed E-state index contributed by atoms with van der Waals surface area (Å²) in [5.41, 5.74) is 8.64. The van der Waals surface area contributed by atoms with Crippen molar-refractivity contribution in [3.63, 3.8) is 0 Å². The highest BCUT2D eigenvalue weighted by molar-refractivity contribution is 7.07. The summed E-state index contributed by atoms with van der Waals surface area (Å²) >= 11 is 1.43. The van der Waals surface area contributed by atoms with E-state index in [9.17, 15) is 10.2 Å². The summed E-state index contributed by atoms with van der Waals surface area (Å²) in [4.78, 5) is 2.50. The molecule has 2 unspecified atom stereocenters. The number of hydrogen-bond donors (Lipinski definition) is 2. The van der Waals surface area contributed by atoms with Crippen LogP contribution in [0.3, 0.4) is 0 Å². The Morgan fingerprint density at radius 3 is 2.92 bits per heavy atom. The number of hydrogen-bond acceptors (Lipinski definition) is 4. The molecular weight excluding hydrogens is 190 g/mol. The molecule has 1 aromatic rings. The average Bonchev–Trinajstić information content (AvgIpc) is 2.65. The van der Waals surface area contributed by atoms with Crippen LogP contribution in [0.25, 0.3) is 10.4 Å². The van der Waals surface area contributed by atoms with Crippen molar-refractivity contribution in [2.75, 3.05) is 6.54 Å². The Balaban J connectivity index is 2.57. The van der Waals surface area contributed by atoms with Gasteiger partial charge in [-0.15, -0.1) is 0 Å². The maximum atomic E-state index is 9.48. The van der Waals surface area contributed by atoms with Gasteiger partial charge in [0.2, 0.25) is 0 Å². The third kappa shape index (κ3) is 2.71. The number of thiophene rings is 1. The van der Waals surface area contributed by atoms with E-state index in [2.05, 4.69) is 10.0 Å². The molecule has 6 heteroatoms. The van der Waals surface area contributed by atoms with E-state index in [1.165, 1.54) is 11.3 Å². The molecule has 13 heavy (non-hydrogen) atoms. The van der Waals surface area contributed by atoms with Gasteiger partial charge in [0.15, 0.2) is 0 Å². The Bertz CT molecular complexity index is 295. The number of aliphatic hydroxyl groups is 2. The lowest BCUT2D eigenvalue weighted by molar-refractivity contribution is 0.0247. The average molecular weight is 199 g/mol. The van der Waals surface area contributed by atoms with Crippen molar-refractivity contribution < 1.29 is 10.2 Å². The van der Waals surface area contributed by atoms with Crippen LogP contribution in [0.1, 0.15) is 11.7 Å². The zero-order valence-corrected chi connectivity index (χ0v) is 7.55. The molecule has 5 nitrogen and oxygen atoms in total. The molecule has 0 spiro atoms. The maximum absolute atomic E-state index is 9.48. The molecular formula is C7H9N3O2S. The molecule has 0 saturated carbocycles. The van der Waals surface area contributed by atoms with Gasteiger partial charge < -0.3 is 10.2 Å². The highest BCUT2D eigenvalue weighted by atomic mass is 32.1. The molecule has 0 aliphatic heterocycles. The topological polar surface area (TPSA) is 89.2 Å². The minimum absolute atomic E-state index is 0.118. The molecule has 0 amide bonds. The largest absolute Gasteiger partial charge is 0.390 e. The molecule has 2 N–H and O–H groups in total. The third-order valence-corrected chi connectivity index (χ3v) is 2.28. The second-order valence-corrected chi connectivity index (χ2v) is 3.26. The molecule has 1 aromatic heterocycles. The lowest BCUT2D eigenvalue weighted by Crippen LogP contribution is -2.20. The van der Waals surface area contributed by atoms with Crippen LogP contribution in [0.4, 0.5) is 0 Å². The van der Waals surface area contributed by atoms with Crippen LogP contribution in [0.2, 0.25) is 0 Å². The van der Waals surface area contributed by atoms with Crippen molar-refractivity contribution in [3.05, 3.63) is 32.8 Å². The Labute approximate surface area is 78.9 Å². The van der Waals surface area contributed by atoms with Gasteiger partial charge in [0.05, 0.1) is 12.6 Å². The second kappa shape index (κ2) is 4.84.